The highest BCUT2D eigenvalue weighted by Gasteiger charge is 2.34. The molecule has 1 amide bonds. The summed E-state index contributed by atoms with van der Waals surface area (Å²) in [4.78, 5) is 40.5. The van der Waals surface area contributed by atoms with Gasteiger partial charge in [-0.15, -0.1) is 0 Å². The molecule has 7 nitrogen and oxygen atoms in total. The summed E-state index contributed by atoms with van der Waals surface area (Å²) in [5.74, 6) is -0.701. The van der Waals surface area contributed by atoms with Crippen molar-refractivity contribution in [2.75, 3.05) is 0 Å². The summed E-state index contributed by atoms with van der Waals surface area (Å²) in [5.41, 5.74) is -0.179. The lowest BCUT2D eigenvalue weighted by Crippen LogP contribution is -2.51. The smallest absolute Gasteiger partial charge is 0.360 e. The number of ether oxygens (including phenoxy) is 1. The predicted octanol–water partition coefficient (Wildman–Crippen LogP) is 3.39. The van der Waals surface area contributed by atoms with Crippen LogP contribution in [0.3, 0.4) is 0 Å². The van der Waals surface area contributed by atoms with Crippen LogP contribution in [-0.4, -0.2) is 44.7 Å². The third-order valence-electron chi connectivity index (χ3n) is 5.68. The highest BCUT2D eigenvalue weighted by molar-refractivity contribution is 6.02. The Morgan fingerprint density at radius 2 is 1.70 bits per heavy atom. The number of likely N-dealkylation sites (tertiary alicyclic amines) is 1. The minimum absolute atomic E-state index is 0.0604. The van der Waals surface area contributed by atoms with Crippen molar-refractivity contribution in [2.24, 2.45) is 5.92 Å². The number of benzene rings is 1. The van der Waals surface area contributed by atoms with Gasteiger partial charge in [-0.1, -0.05) is 32.0 Å². The van der Waals surface area contributed by atoms with Crippen molar-refractivity contribution in [3.05, 3.63) is 40.3 Å². The van der Waals surface area contributed by atoms with Crippen LogP contribution < -0.4 is 5.56 Å². The molecule has 1 saturated heterocycles. The summed E-state index contributed by atoms with van der Waals surface area (Å²) in [6.07, 6.45) is 2.06. The summed E-state index contributed by atoms with van der Waals surface area (Å²) in [7, 11) is 0. The topological polar surface area (TPSA) is 81.5 Å². The third kappa shape index (κ3) is 4.40. The van der Waals surface area contributed by atoms with E-state index in [9.17, 15) is 14.4 Å². The fraction of sp³-hybridized carbons (Fsp3) is 0.565. The molecule has 0 unspecified atom stereocenters. The Kier molecular flexibility index (Phi) is 6.58. The molecule has 0 saturated carbocycles. The van der Waals surface area contributed by atoms with Crippen molar-refractivity contribution in [1.82, 2.24) is 14.7 Å². The van der Waals surface area contributed by atoms with Crippen molar-refractivity contribution in [3.63, 3.8) is 0 Å². The summed E-state index contributed by atoms with van der Waals surface area (Å²) in [6, 6.07) is 7.10. The van der Waals surface area contributed by atoms with Crippen LogP contribution in [0.4, 0.5) is 0 Å². The lowest BCUT2D eigenvalue weighted by molar-refractivity contribution is -0.146. The highest BCUT2D eigenvalue weighted by atomic mass is 16.5. The number of piperidine rings is 1. The maximum atomic E-state index is 13.0. The number of amides is 1. The molecule has 3 rings (SSSR count). The number of hydrogen-bond acceptors (Lipinski definition) is 5. The average Bonchev–Trinajstić information content (AvgIpc) is 2.69. The van der Waals surface area contributed by atoms with Crippen LogP contribution in [0, 0.1) is 5.92 Å². The van der Waals surface area contributed by atoms with Gasteiger partial charge in [0, 0.05) is 24.0 Å². The molecule has 0 bridgehead atoms. The average molecular weight is 414 g/mol. The van der Waals surface area contributed by atoms with E-state index >= 15 is 0 Å². The van der Waals surface area contributed by atoms with Gasteiger partial charge in [-0.3, -0.25) is 9.59 Å². The standard InChI is InChI=1S/C23H31N3O4/c1-14(2)13-25-22(28)19-12-7-6-11-18(19)20(24-25)23(29)30-17(5)21(27)26-15(3)9-8-10-16(26)4/h6-7,11-12,14-17H,8-10,13H2,1-5H3/t15-,16-,17+/m0/s1. The zero-order valence-corrected chi connectivity index (χ0v) is 18.4. The molecule has 0 N–H and O–H groups in total. The second-order valence-corrected chi connectivity index (χ2v) is 8.70. The number of esters is 1. The van der Waals surface area contributed by atoms with Gasteiger partial charge in [-0.2, -0.15) is 5.10 Å². The van der Waals surface area contributed by atoms with Crippen molar-refractivity contribution in [3.8, 4) is 0 Å². The fourth-order valence-electron chi connectivity index (χ4n) is 4.19. The number of rotatable bonds is 5. The number of carbonyl (C=O) groups is 2. The van der Waals surface area contributed by atoms with Crippen LogP contribution in [-0.2, 0) is 16.1 Å². The molecule has 2 aromatic rings. The summed E-state index contributed by atoms with van der Waals surface area (Å²) < 4.78 is 6.86. The van der Waals surface area contributed by atoms with Crippen molar-refractivity contribution in [1.29, 1.82) is 0 Å². The maximum absolute atomic E-state index is 13.0. The van der Waals surface area contributed by atoms with E-state index in [0.29, 0.717) is 17.3 Å². The molecule has 0 spiro atoms. The third-order valence-corrected chi connectivity index (χ3v) is 5.68. The minimum Gasteiger partial charge on any atom is -0.448 e. The quantitative estimate of drug-likeness (QED) is 0.702. The van der Waals surface area contributed by atoms with Gasteiger partial charge in [0.15, 0.2) is 11.8 Å². The molecule has 0 radical (unpaired) electrons. The molecule has 1 aliphatic heterocycles. The maximum Gasteiger partial charge on any atom is 0.360 e. The molecule has 3 atom stereocenters. The normalized spacial score (nSPS) is 20.4. The Morgan fingerprint density at radius 1 is 1.10 bits per heavy atom. The largest absolute Gasteiger partial charge is 0.448 e. The molecule has 7 heteroatoms. The monoisotopic (exact) mass is 413 g/mol. The lowest BCUT2D eigenvalue weighted by Gasteiger charge is -2.40. The van der Waals surface area contributed by atoms with Gasteiger partial charge in [0.2, 0.25) is 0 Å². The first-order valence-electron chi connectivity index (χ1n) is 10.7. The molecule has 2 heterocycles. The van der Waals surface area contributed by atoms with Gasteiger partial charge >= 0.3 is 5.97 Å². The highest BCUT2D eigenvalue weighted by Crippen LogP contribution is 2.24. The van der Waals surface area contributed by atoms with E-state index in [4.69, 9.17) is 4.74 Å². The predicted molar refractivity (Wildman–Crippen MR) is 115 cm³/mol. The van der Waals surface area contributed by atoms with E-state index in [1.807, 2.05) is 32.6 Å². The Labute approximate surface area is 177 Å². The SMILES string of the molecule is CC(C)Cn1nc(C(=O)O[C@H](C)C(=O)N2[C@@H](C)CCC[C@@H]2C)c2ccccc2c1=O. The first-order valence-corrected chi connectivity index (χ1v) is 10.7. The molecular formula is C23H31N3O4. The van der Waals surface area contributed by atoms with Crippen LogP contribution in [0.5, 0.6) is 0 Å². The van der Waals surface area contributed by atoms with Crippen LogP contribution in [0.2, 0.25) is 0 Å². The van der Waals surface area contributed by atoms with E-state index in [2.05, 4.69) is 5.10 Å². The van der Waals surface area contributed by atoms with E-state index in [1.165, 1.54) is 4.68 Å². The molecule has 1 fully saturated rings. The van der Waals surface area contributed by atoms with Gasteiger partial charge in [0.05, 0.1) is 5.39 Å². The van der Waals surface area contributed by atoms with Crippen molar-refractivity contribution >= 4 is 22.6 Å². The Balaban J connectivity index is 1.90. The van der Waals surface area contributed by atoms with Crippen molar-refractivity contribution < 1.29 is 14.3 Å². The molecule has 1 aromatic carbocycles. The zero-order chi connectivity index (χ0) is 22.0. The van der Waals surface area contributed by atoms with Crippen LogP contribution in [0.15, 0.2) is 29.1 Å². The van der Waals surface area contributed by atoms with Gasteiger partial charge < -0.3 is 9.64 Å². The molecular weight excluding hydrogens is 382 g/mol. The number of nitrogens with zero attached hydrogens (tertiary/aromatic N) is 3. The Bertz CT molecular complexity index is 988. The van der Waals surface area contributed by atoms with E-state index in [0.717, 1.165) is 19.3 Å². The fourth-order valence-corrected chi connectivity index (χ4v) is 4.19. The van der Waals surface area contributed by atoms with E-state index in [-0.39, 0.29) is 35.2 Å². The summed E-state index contributed by atoms with van der Waals surface area (Å²) in [5, 5.41) is 5.15. The minimum atomic E-state index is -0.925. The van der Waals surface area contributed by atoms with Crippen molar-refractivity contribution in [2.45, 2.75) is 78.6 Å². The summed E-state index contributed by atoms with van der Waals surface area (Å²) in [6.45, 7) is 9.99. The number of fused-ring (bicyclic) bond motifs is 1. The number of carbonyl (C=O) groups excluding carboxylic acids is 2. The van der Waals surface area contributed by atoms with Gasteiger partial charge in [0.1, 0.15) is 0 Å². The molecule has 162 valence electrons. The Hall–Kier alpha value is -2.70. The molecule has 0 aliphatic carbocycles. The zero-order valence-electron chi connectivity index (χ0n) is 18.4. The summed E-state index contributed by atoms with van der Waals surface area (Å²) >= 11 is 0. The molecule has 30 heavy (non-hydrogen) atoms. The molecule has 1 aromatic heterocycles. The molecule has 1 aliphatic rings. The van der Waals surface area contributed by atoms with Gasteiger partial charge in [-0.25, -0.2) is 9.48 Å². The van der Waals surface area contributed by atoms with Crippen LogP contribution >= 0.6 is 0 Å². The first-order chi connectivity index (χ1) is 14.2. The van der Waals surface area contributed by atoms with E-state index < -0.39 is 12.1 Å². The Morgan fingerprint density at radius 3 is 2.30 bits per heavy atom. The van der Waals surface area contributed by atoms with Gasteiger partial charge in [0.25, 0.3) is 11.5 Å². The van der Waals surface area contributed by atoms with Crippen LogP contribution in [0.1, 0.15) is 64.4 Å². The lowest BCUT2D eigenvalue weighted by atomic mass is 9.97. The second-order valence-electron chi connectivity index (χ2n) is 8.70. The number of hydrogen-bond donors (Lipinski definition) is 0. The van der Waals surface area contributed by atoms with E-state index in [1.54, 1.807) is 31.2 Å². The van der Waals surface area contributed by atoms with Gasteiger partial charge in [-0.05, 0) is 52.0 Å². The van der Waals surface area contributed by atoms with Crippen LogP contribution in [0.25, 0.3) is 10.8 Å². The second kappa shape index (κ2) is 8.98. The first kappa shape index (κ1) is 22.0. The number of aromatic nitrogens is 2.